The summed E-state index contributed by atoms with van der Waals surface area (Å²) in [6.07, 6.45) is 0.234. The summed E-state index contributed by atoms with van der Waals surface area (Å²) < 4.78 is 5.40. The van der Waals surface area contributed by atoms with Crippen LogP contribution in [0.25, 0.3) is 0 Å². The second kappa shape index (κ2) is 11.9. The van der Waals surface area contributed by atoms with Gasteiger partial charge < -0.3 is 20.7 Å². The maximum Gasteiger partial charge on any atom is 0.226 e. The lowest BCUT2D eigenvalue weighted by molar-refractivity contribution is -0.129. The fourth-order valence-corrected chi connectivity index (χ4v) is 2.42. The van der Waals surface area contributed by atoms with Crippen LogP contribution in [0.2, 0.25) is 0 Å². The highest BCUT2D eigenvalue weighted by molar-refractivity contribution is 5.91. The van der Waals surface area contributed by atoms with E-state index in [0.29, 0.717) is 37.7 Å². The Labute approximate surface area is 166 Å². The Kier molecular flexibility index (Phi) is 9.93. The van der Waals surface area contributed by atoms with Crippen molar-refractivity contribution < 1.29 is 14.3 Å². The maximum atomic E-state index is 12.2. The zero-order valence-corrected chi connectivity index (χ0v) is 16.2. The Morgan fingerprint density at radius 2 is 1.74 bits per heavy atom. The molecule has 2 aromatic carbocycles. The summed E-state index contributed by atoms with van der Waals surface area (Å²) in [6.45, 7) is 3.29. The van der Waals surface area contributed by atoms with Crippen LogP contribution in [0, 0.1) is 0 Å². The van der Waals surface area contributed by atoms with Gasteiger partial charge in [0, 0.05) is 38.7 Å². The number of hydrogen-bond donors (Lipinski definition) is 2. The summed E-state index contributed by atoms with van der Waals surface area (Å²) in [6, 6.07) is 16.8. The third-order valence-electron chi connectivity index (χ3n) is 3.80. The second-order valence-corrected chi connectivity index (χ2v) is 5.89. The minimum absolute atomic E-state index is 0. The van der Waals surface area contributed by atoms with Gasteiger partial charge in [-0.2, -0.15) is 0 Å². The van der Waals surface area contributed by atoms with Crippen molar-refractivity contribution in [2.75, 3.05) is 25.0 Å². The lowest BCUT2D eigenvalue weighted by atomic mass is 10.2. The number of benzene rings is 2. The lowest BCUT2D eigenvalue weighted by Gasteiger charge is -2.21. The molecule has 0 saturated carbocycles. The number of rotatable bonds is 9. The van der Waals surface area contributed by atoms with Crippen LogP contribution in [-0.4, -0.2) is 36.4 Å². The van der Waals surface area contributed by atoms with Gasteiger partial charge in [-0.3, -0.25) is 9.59 Å². The molecule has 0 aliphatic rings. The van der Waals surface area contributed by atoms with Crippen molar-refractivity contribution in [3.8, 4) is 5.75 Å². The van der Waals surface area contributed by atoms with Gasteiger partial charge in [-0.15, -0.1) is 12.4 Å². The topological polar surface area (TPSA) is 84.7 Å². The molecule has 0 bridgehead atoms. The Morgan fingerprint density at radius 3 is 2.33 bits per heavy atom. The summed E-state index contributed by atoms with van der Waals surface area (Å²) in [5.41, 5.74) is 7.12. The van der Waals surface area contributed by atoms with Gasteiger partial charge in [0.15, 0.2) is 0 Å². The summed E-state index contributed by atoms with van der Waals surface area (Å²) in [4.78, 5) is 25.6. The molecule has 3 N–H and O–H groups in total. The number of amides is 2. The number of nitrogens with one attached hydrogen (secondary N) is 1. The van der Waals surface area contributed by atoms with E-state index in [1.165, 1.54) is 6.92 Å². The van der Waals surface area contributed by atoms with Crippen LogP contribution in [0.1, 0.15) is 18.9 Å². The van der Waals surface area contributed by atoms with Crippen molar-refractivity contribution in [2.24, 2.45) is 5.73 Å². The molecule has 0 aromatic heterocycles. The molecule has 0 aliphatic heterocycles. The molecule has 0 aliphatic carbocycles. The zero-order chi connectivity index (χ0) is 18.8. The molecule has 0 saturated heterocycles. The zero-order valence-electron chi connectivity index (χ0n) is 15.4. The minimum Gasteiger partial charge on any atom is -0.492 e. The molecule has 0 atom stereocenters. The van der Waals surface area contributed by atoms with Crippen molar-refractivity contribution in [1.82, 2.24) is 4.90 Å². The molecule has 0 heterocycles. The van der Waals surface area contributed by atoms with E-state index in [0.717, 1.165) is 5.56 Å². The van der Waals surface area contributed by atoms with E-state index in [9.17, 15) is 9.59 Å². The first-order valence-corrected chi connectivity index (χ1v) is 8.60. The van der Waals surface area contributed by atoms with E-state index < -0.39 is 0 Å². The molecule has 2 rings (SSSR count). The Bertz CT molecular complexity index is 708. The fraction of sp³-hybridized carbons (Fsp3) is 0.300. The Balaban J connectivity index is 0.00000364. The quantitative estimate of drug-likeness (QED) is 0.688. The number of hydrogen-bond acceptors (Lipinski definition) is 4. The molecule has 7 heteroatoms. The smallest absolute Gasteiger partial charge is 0.226 e. The summed E-state index contributed by atoms with van der Waals surface area (Å²) >= 11 is 0. The van der Waals surface area contributed by atoms with Crippen LogP contribution in [0.4, 0.5) is 5.69 Å². The molecule has 0 spiro atoms. The predicted octanol–water partition coefficient (Wildman–Crippen LogP) is 2.82. The highest BCUT2D eigenvalue weighted by atomic mass is 35.5. The van der Waals surface area contributed by atoms with Crippen LogP contribution in [0.5, 0.6) is 5.75 Å². The Hall–Kier alpha value is -2.57. The van der Waals surface area contributed by atoms with E-state index in [1.54, 1.807) is 29.2 Å². The van der Waals surface area contributed by atoms with Crippen molar-refractivity contribution >= 4 is 29.9 Å². The van der Waals surface area contributed by atoms with Gasteiger partial charge >= 0.3 is 0 Å². The molecule has 2 amide bonds. The first-order valence-electron chi connectivity index (χ1n) is 8.60. The van der Waals surface area contributed by atoms with Crippen LogP contribution < -0.4 is 15.8 Å². The monoisotopic (exact) mass is 391 g/mol. The molecule has 0 radical (unpaired) electrons. The van der Waals surface area contributed by atoms with Crippen LogP contribution in [0.3, 0.4) is 0 Å². The molecule has 146 valence electrons. The number of carbonyl (C=O) groups is 2. The van der Waals surface area contributed by atoms with Crippen molar-refractivity contribution in [1.29, 1.82) is 0 Å². The van der Waals surface area contributed by atoms with Gasteiger partial charge in [-0.05, 0) is 29.8 Å². The normalized spacial score (nSPS) is 9.85. The number of carbonyl (C=O) groups excluding carboxylic acids is 2. The summed E-state index contributed by atoms with van der Waals surface area (Å²) in [7, 11) is 0. The van der Waals surface area contributed by atoms with Gasteiger partial charge in [-0.25, -0.2) is 0 Å². The van der Waals surface area contributed by atoms with E-state index in [-0.39, 0.29) is 30.6 Å². The molecular weight excluding hydrogens is 366 g/mol. The number of nitrogens with two attached hydrogens (primary N) is 1. The van der Waals surface area contributed by atoms with Gasteiger partial charge in [0.2, 0.25) is 11.8 Å². The Morgan fingerprint density at radius 1 is 1.07 bits per heavy atom. The summed E-state index contributed by atoms with van der Waals surface area (Å²) in [5.74, 6) is 0.516. The van der Waals surface area contributed by atoms with Gasteiger partial charge in [0.05, 0.1) is 0 Å². The number of halogens is 1. The van der Waals surface area contributed by atoms with Gasteiger partial charge in [0.1, 0.15) is 12.4 Å². The molecule has 0 fully saturated rings. The van der Waals surface area contributed by atoms with E-state index in [4.69, 9.17) is 10.5 Å². The van der Waals surface area contributed by atoms with Crippen LogP contribution in [0.15, 0.2) is 54.6 Å². The average Bonchev–Trinajstić information content (AvgIpc) is 2.65. The molecule has 6 nitrogen and oxygen atoms in total. The number of ether oxygens (including phenoxy) is 1. The third-order valence-corrected chi connectivity index (χ3v) is 3.80. The lowest BCUT2D eigenvalue weighted by Crippen LogP contribution is -2.31. The van der Waals surface area contributed by atoms with Gasteiger partial charge in [0.25, 0.3) is 0 Å². The average molecular weight is 392 g/mol. The van der Waals surface area contributed by atoms with Crippen LogP contribution in [-0.2, 0) is 16.1 Å². The largest absolute Gasteiger partial charge is 0.492 e. The van der Waals surface area contributed by atoms with Gasteiger partial charge in [-0.1, -0.05) is 30.3 Å². The van der Waals surface area contributed by atoms with Crippen LogP contribution >= 0.6 is 12.4 Å². The summed E-state index contributed by atoms with van der Waals surface area (Å²) in [5, 5.41) is 2.83. The SMILES string of the molecule is CC(=O)N(CCC(=O)Nc1ccc(OCCN)cc1)Cc1ccccc1.Cl. The van der Waals surface area contributed by atoms with E-state index in [2.05, 4.69) is 5.32 Å². The molecular formula is C20H26ClN3O3. The van der Waals surface area contributed by atoms with Crippen molar-refractivity contribution in [3.05, 3.63) is 60.2 Å². The third kappa shape index (κ3) is 8.11. The molecule has 0 unspecified atom stereocenters. The predicted molar refractivity (Wildman–Crippen MR) is 109 cm³/mol. The minimum atomic E-state index is -0.139. The fourth-order valence-electron chi connectivity index (χ4n) is 2.42. The highest BCUT2D eigenvalue weighted by Crippen LogP contribution is 2.16. The first-order chi connectivity index (χ1) is 12.6. The van der Waals surface area contributed by atoms with Crippen molar-refractivity contribution in [3.63, 3.8) is 0 Å². The second-order valence-electron chi connectivity index (χ2n) is 5.89. The number of nitrogens with zero attached hydrogens (tertiary/aromatic N) is 1. The van der Waals surface area contributed by atoms with E-state index in [1.807, 2.05) is 30.3 Å². The number of anilines is 1. The first kappa shape index (κ1) is 22.5. The standard InChI is InChI=1S/C20H25N3O3.ClH/c1-16(24)23(15-17-5-3-2-4-6-17)13-11-20(25)22-18-7-9-19(10-8-18)26-14-12-21;/h2-10H,11-15,21H2,1H3,(H,22,25);1H. The molecule has 27 heavy (non-hydrogen) atoms. The van der Waals surface area contributed by atoms with E-state index >= 15 is 0 Å². The molecule has 2 aromatic rings. The highest BCUT2D eigenvalue weighted by Gasteiger charge is 2.12. The van der Waals surface area contributed by atoms with Crippen molar-refractivity contribution in [2.45, 2.75) is 19.9 Å². The maximum absolute atomic E-state index is 12.2.